The van der Waals surface area contributed by atoms with Crippen LogP contribution in [-0.2, 0) is 14.6 Å². The second kappa shape index (κ2) is 3.42. The highest BCUT2D eigenvalue weighted by atomic mass is 32.2. The molecule has 0 amide bonds. The number of hydrogen-bond donors (Lipinski definition) is 1. The van der Waals surface area contributed by atoms with Gasteiger partial charge in [0.25, 0.3) is 5.17 Å². The van der Waals surface area contributed by atoms with E-state index in [1.165, 1.54) is 7.11 Å². The first kappa shape index (κ1) is 10.7. The van der Waals surface area contributed by atoms with E-state index in [9.17, 15) is 8.42 Å². The molecule has 1 N–H and O–H groups in total. The van der Waals surface area contributed by atoms with Crippen molar-refractivity contribution in [3.8, 4) is 0 Å². The van der Waals surface area contributed by atoms with Gasteiger partial charge in [-0.1, -0.05) is 0 Å². The minimum absolute atomic E-state index is 0.128. The Kier molecular flexibility index (Phi) is 2.82. The van der Waals surface area contributed by atoms with Gasteiger partial charge in [0, 0.05) is 0 Å². The van der Waals surface area contributed by atoms with Gasteiger partial charge in [-0.3, -0.25) is 0 Å². The van der Waals surface area contributed by atoms with Crippen molar-refractivity contribution in [1.29, 1.82) is 0 Å². The first-order valence-electron chi connectivity index (χ1n) is 3.93. The smallest absolute Gasteiger partial charge is 0.256 e. The molecule has 1 aliphatic rings. The molecule has 0 aromatic carbocycles. The standard InChI is InChI=1S/C7H13NO3S2/c1-7(8-6(12)11-2)3-4-13(9,10)5-7/h3-5H2,1-2H3,(H,8,12)/t7-/m1/s1. The van der Waals surface area contributed by atoms with Crippen LogP contribution in [0, 0.1) is 0 Å². The van der Waals surface area contributed by atoms with Gasteiger partial charge in [0.15, 0.2) is 9.84 Å². The van der Waals surface area contributed by atoms with Gasteiger partial charge in [0.05, 0.1) is 24.2 Å². The highest BCUT2D eigenvalue weighted by Crippen LogP contribution is 2.22. The molecule has 4 nitrogen and oxygen atoms in total. The van der Waals surface area contributed by atoms with Crippen molar-refractivity contribution in [2.24, 2.45) is 0 Å². The van der Waals surface area contributed by atoms with Crippen LogP contribution in [0.2, 0.25) is 0 Å². The zero-order valence-corrected chi connectivity index (χ0v) is 9.30. The molecule has 1 aliphatic heterocycles. The van der Waals surface area contributed by atoms with E-state index in [0.29, 0.717) is 6.42 Å². The number of sulfone groups is 1. The number of methoxy groups -OCH3 is 1. The molecule has 0 spiro atoms. The maximum Gasteiger partial charge on any atom is 0.256 e. The third-order valence-corrected chi connectivity index (χ3v) is 4.26. The highest BCUT2D eigenvalue weighted by molar-refractivity contribution is 7.91. The Balaban J connectivity index is 2.65. The number of thiocarbonyl (C=S) groups is 1. The molecule has 0 bridgehead atoms. The van der Waals surface area contributed by atoms with Crippen molar-refractivity contribution in [3.63, 3.8) is 0 Å². The largest absolute Gasteiger partial charge is 0.474 e. The van der Waals surface area contributed by atoms with E-state index < -0.39 is 15.4 Å². The van der Waals surface area contributed by atoms with Crippen LogP contribution in [0.25, 0.3) is 0 Å². The summed E-state index contributed by atoms with van der Waals surface area (Å²) >= 11 is 4.81. The van der Waals surface area contributed by atoms with Gasteiger partial charge in [0.2, 0.25) is 0 Å². The summed E-state index contributed by atoms with van der Waals surface area (Å²) in [6, 6.07) is 0. The fraction of sp³-hybridized carbons (Fsp3) is 0.857. The lowest BCUT2D eigenvalue weighted by atomic mass is 10.0. The maximum atomic E-state index is 11.2. The Morgan fingerprint density at radius 2 is 2.23 bits per heavy atom. The Morgan fingerprint density at radius 1 is 1.62 bits per heavy atom. The molecule has 0 saturated carbocycles. The third-order valence-electron chi connectivity index (χ3n) is 2.09. The number of ether oxygens (including phenoxy) is 1. The monoisotopic (exact) mass is 223 g/mol. The maximum absolute atomic E-state index is 11.2. The number of hydrogen-bond acceptors (Lipinski definition) is 4. The van der Waals surface area contributed by atoms with Crippen LogP contribution in [0.1, 0.15) is 13.3 Å². The lowest BCUT2D eigenvalue weighted by molar-refractivity contribution is 0.356. The Labute approximate surface area is 83.6 Å². The minimum atomic E-state index is -2.89. The van der Waals surface area contributed by atoms with E-state index in [4.69, 9.17) is 17.0 Å². The summed E-state index contributed by atoms with van der Waals surface area (Å²) in [6.45, 7) is 1.84. The summed E-state index contributed by atoms with van der Waals surface area (Å²) < 4.78 is 27.2. The van der Waals surface area contributed by atoms with E-state index in [0.717, 1.165) is 0 Å². The second-order valence-electron chi connectivity index (χ2n) is 3.52. The molecule has 0 aromatic heterocycles. The van der Waals surface area contributed by atoms with Gasteiger partial charge in [0.1, 0.15) is 0 Å². The molecule has 76 valence electrons. The van der Waals surface area contributed by atoms with Crippen LogP contribution >= 0.6 is 12.2 Å². The van der Waals surface area contributed by atoms with Gasteiger partial charge in [-0.25, -0.2) is 8.42 Å². The summed E-state index contributed by atoms with van der Waals surface area (Å²) in [5, 5.41) is 3.14. The normalized spacial score (nSPS) is 31.2. The van der Waals surface area contributed by atoms with Crippen molar-refractivity contribution >= 4 is 27.2 Å². The zero-order chi connectivity index (χ0) is 10.1. The summed E-state index contributed by atoms with van der Waals surface area (Å²) in [4.78, 5) is 0. The molecule has 1 heterocycles. The SMILES string of the molecule is COC(=S)N[C@]1(C)CCS(=O)(=O)C1. The van der Waals surface area contributed by atoms with Crippen LogP contribution in [-0.4, -0.2) is 37.7 Å². The number of nitrogens with one attached hydrogen (secondary N) is 1. The van der Waals surface area contributed by atoms with Crippen LogP contribution in [0.4, 0.5) is 0 Å². The first-order chi connectivity index (χ1) is 5.87. The van der Waals surface area contributed by atoms with E-state index in [-0.39, 0.29) is 16.7 Å². The predicted octanol–water partition coefficient (Wildman–Crippen LogP) is 0.0845. The molecule has 0 aliphatic carbocycles. The Bertz CT molecular complexity index is 312. The van der Waals surface area contributed by atoms with E-state index in [1.807, 2.05) is 6.92 Å². The van der Waals surface area contributed by atoms with Gasteiger partial charge < -0.3 is 10.1 Å². The third kappa shape index (κ3) is 2.80. The second-order valence-corrected chi connectivity index (χ2v) is 6.07. The van der Waals surface area contributed by atoms with Crippen molar-refractivity contribution < 1.29 is 13.2 Å². The van der Waals surface area contributed by atoms with E-state index in [1.54, 1.807) is 0 Å². The summed E-state index contributed by atoms with van der Waals surface area (Å²) in [5.74, 6) is 0.353. The van der Waals surface area contributed by atoms with E-state index >= 15 is 0 Å². The molecule has 1 rings (SSSR count). The topological polar surface area (TPSA) is 55.4 Å². The molecular weight excluding hydrogens is 210 g/mol. The van der Waals surface area contributed by atoms with Crippen LogP contribution < -0.4 is 5.32 Å². The molecule has 1 atom stereocenters. The van der Waals surface area contributed by atoms with Gasteiger partial charge in [-0.15, -0.1) is 0 Å². The molecule has 0 radical (unpaired) electrons. The fourth-order valence-electron chi connectivity index (χ4n) is 1.41. The van der Waals surface area contributed by atoms with Crippen molar-refractivity contribution in [3.05, 3.63) is 0 Å². The van der Waals surface area contributed by atoms with Crippen LogP contribution in [0.15, 0.2) is 0 Å². The summed E-state index contributed by atoms with van der Waals surface area (Å²) in [5.41, 5.74) is -0.452. The van der Waals surface area contributed by atoms with Crippen molar-refractivity contribution in [2.45, 2.75) is 18.9 Å². The summed E-state index contributed by atoms with van der Waals surface area (Å²) in [6.07, 6.45) is 0.582. The van der Waals surface area contributed by atoms with Crippen molar-refractivity contribution in [2.75, 3.05) is 18.6 Å². The Morgan fingerprint density at radius 3 is 2.62 bits per heavy atom. The average Bonchev–Trinajstić information content (AvgIpc) is 2.25. The lowest BCUT2D eigenvalue weighted by Gasteiger charge is -2.24. The first-order valence-corrected chi connectivity index (χ1v) is 6.16. The van der Waals surface area contributed by atoms with Gasteiger partial charge in [-0.2, -0.15) is 0 Å². The zero-order valence-electron chi connectivity index (χ0n) is 7.66. The van der Waals surface area contributed by atoms with Crippen LogP contribution in [0.5, 0.6) is 0 Å². The highest BCUT2D eigenvalue weighted by Gasteiger charge is 2.38. The average molecular weight is 223 g/mol. The van der Waals surface area contributed by atoms with Crippen LogP contribution in [0.3, 0.4) is 0 Å². The molecule has 0 aromatic rings. The van der Waals surface area contributed by atoms with E-state index in [2.05, 4.69) is 5.32 Å². The molecule has 13 heavy (non-hydrogen) atoms. The lowest BCUT2D eigenvalue weighted by Crippen LogP contribution is -2.46. The molecule has 1 saturated heterocycles. The van der Waals surface area contributed by atoms with Gasteiger partial charge in [-0.05, 0) is 25.6 Å². The molecule has 1 fully saturated rings. The summed E-state index contributed by atoms with van der Waals surface area (Å²) in [7, 11) is -1.42. The minimum Gasteiger partial charge on any atom is -0.474 e. The quantitative estimate of drug-likeness (QED) is 0.638. The number of rotatable bonds is 1. The fourth-order valence-corrected chi connectivity index (χ4v) is 3.75. The predicted molar refractivity (Wildman–Crippen MR) is 54.4 cm³/mol. The van der Waals surface area contributed by atoms with Gasteiger partial charge >= 0.3 is 0 Å². The molecule has 0 unspecified atom stereocenters. The molecule has 6 heteroatoms. The molecular formula is C7H13NO3S2. The van der Waals surface area contributed by atoms with Crippen molar-refractivity contribution in [1.82, 2.24) is 5.32 Å². The Hall–Kier alpha value is -0.360.